The lowest BCUT2D eigenvalue weighted by molar-refractivity contribution is 0.0853. The highest BCUT2D eigenvalue weighted by Crippen LogP contribution is 2.23. The Balaban J connectivity index is 1.31. The average Bonchev–Trinajstić information content (AvgIpc) is 3.41. The van der Waals surface area contributed by atoms with E-state index >= 15 is 0 Å². The van der Waals surface area contributed by atoms with Crippen molar-refractivity contribution in [3.63, 3.8) is 0 Å². The van der Waals surface area contributed by atoms with E-state index in [1.807, 2.05) is 12.1 Å². The molecular weight excluding hydrogens is 342 g/mol. The molecule has 0 saturated carbocycles. The van der Waals surface area contributed by atoms with Crippen LogP contribution in [0.5, 0.6) is 0 Å². The summed E-state index contributed by atoms with van der Waals surface area (Å²) in [5.41, 5.74) is 2.51. The number of aromatic nitrogens is 2. The van der Waals surface area contributed by atoms with Crippen LogP contribution in [0.3, 0.4) is 0 Å². The van der Waals surface area contributed by atoms with E-state index in [4.69, 9.17) is 4.74 Å². The normalized spacial score (nSPS) is 19.3. The van der Waals surface area contributed by atoms with Gasteiger partial charge in [-0.1, -0.05) is 0 Å². The Morgan fingerprint density at radius 1 is 1.11 bits per heavy atom. The minimum absolute atomic E-state index is 0.117. The fourth-order valence-corrected chi connectivity index (χ4v) is 3.49. The molecule has 1 aromatic heterocycles. The number of hydrogen-bond acceptors (Lipinski definition) is 6. The minimum Gasteiger partial charge on any atom is -0.376 e. The van der Waals surface area contributed by atoms with Crippen LogP contribution in [0.15, 0.2) is 36.7 Å². The van der Waals surface area contributed by atoms with Crippen molar-refractivity contribution in [2.45, 2.75) is 31.8 Å². The quantitative estimate of drug-likeness (QED) is 0.817. The van der Waals surface area contributed by atoms with E-state index in [0.29, 0.717) is 18.1 Å². The van der Waals surface area contributed by atoms with Crippen LogP contribution in [0, 0.1) is 0 Å². The third kappa shape index (κ3) is 4.54. The Labute approximate surface area is 159 Å². The monoisotopic (exact) mass is 367 g/mol. The predicted molar refractivity (Wildman–Crippen MR) is 105 cm³/mol. The second-order valence-corrected chi connectivity index (χ2v) is 7.00. The number of nitrogens with one attached hydrogen (secondary N) is 2. The van der Waals surface area contributed by atoms with E-state index in [0.717, 1.165) is 38.2 Å². The molecule has 7 heteroatoms. The third-order valence-electron chi connectivity index (χ3n) is 5.01. The number of nitrogens with zero attached hydrogens (tertiary/aromatic N) is 3. The Morgan fingerprint density at radius 2 is 1.93 bits per heavy atom. The van der Waals surface area contributed by atoms with Crippen molar-refractivity contribution >= 4 is 23.1 Å². The second-order valence-electron chi connectivity index (χ2n) is 7.00. The maximum atomic E-state index is 12.1. The zero-order valence-electron chi connectivity index (χ0n) is 15.4. The lowest BCUT2D eigenvalue weighted by Crippen LogP contribution is -2.32. The lowest BCUT2D eigenvalue weighted by atomic mass is 10.2. The maximum Gasteiger partial charge on any atom is 0.271 e. The van der Waals surface area contributed by atoms with Crippen LogP contribution < -0.4 is 15.5 Å². The molecule has 4 rings (SSSR count). The molecule has 1 amide bonds. The fourth-order valence-electron chi connectivity index (χ4n) is 3.49. The summed E-state index contributed by atoms with van der Waals surface area (Å²) in [5.74, 6) is 0.388. The van der Waals surface area contributed by atoms with Gasteiger partial charge in [-0.15, -0.1) is 0 Å². The van der Waals surface area contributed by atoms with Crippen molar-refractivity contribution < 1.29 is 9.53 Å². The molecule has 1 atom stereocenters. The van der Waals surface area contributed by atoms with Crippen molar-refractivity contribution in [3.05, 3.63) is 42.4 Å². The van der Waals surface area contributed by atoms with E-state index in [2.05, 4.69) is 37.6 Å². The van der Waals surface area contributed by atoms with Gasteiger partial charge >= 0.3 is 0 Å². The fraction of sp³-hybridized carbons (Fsp3) is 0.450. The standard InChI is InChI=1S/C20H25N5O2/c26-20(23-12-17-4-3-11-27-17)18-13-22-19(14-21-18)24-15-5-7-16(8-6-15)25-9-1-2-10-25/h5-8,13-14,17H,1-4,9-12H2,(H,22,24)(H,23,26). The van der Waals surface area contributed by atoms with Gasteiger partial charge in [-0.3, -0.25) is 4.79 Å². The van der Waals surface area contributed by atoms with Crippen molar-refractivity contribution in [1.29, 1.82) is 0 Å². The number of carbonyl (C=O) groups excluding carboxylic acids is 1. The topological polar surface area (TPSA) is 79.4 Å². The first kappa shape index (κ1) is 17.7. The van der Waals surface area contributed by atoms with Gasteiger partial charge < -0.3 is 20.3 Å². The SMILES string of the molecule is O=C(NCC1CCCO1)c1cnc(Nc2ccc(N3CCCC3)cc2)cn1. The van der Waals surface area contributed by atoms with Gasteiger partial charge in [0.2, 0.25) is 0 Å². The van der Waals surface area contributed by atoms with Gasteiger partial charge in [0.1, 0.15) is 11.5 Å². The summed E-state index contributed by atoms with van der Waals surface area (Å²) in [4.78, 5) is 23.0. The van der Waals surface area contributed by atoms with Gasteiger partial charge in [-0.25, -0.2) is 9.97 Å². The zero-order valence-corrected chi connectivity index (χ0v) is 15.4. The van der Waals surface area contributed by atoms with Crippen LogP contribution in [-0.4, -0.2) is 48.2 Å². The molecule has 0 spiro atoms. The van der Waals surface area contributed by atoms with Crippen LogP contribution in [-0.2, 0) is 4.74 Å². The van der Waals surface area contributed by atoms with Crippen LogP contribution in [0.25, 0.3) is 0 Å². The van der Waals surface area contributed by atoms with Gasteiger partial charge in [0, 0.05) is 37.6 Å². The molecule has 2 aromatic rings. The smallest absolute Gasteiger partial charge is 0.271 e. The number of anilines is 3. The maximum absolute atomic E-state index is 12.1. The summed E-state index contributed by atoms with van der Waals surface area (Å²) >= 11 is 0. The van der Waals surface area contributed by atoms with E-state index in [-0.39, 0.29) is 12.0 Å². The number of amides is 1. The minimum atomic E-state index is -0.223. The molecule has 2 aliphatic rings. The Bertz CT molecular complexity index is 751. The summed E-state index contributed by atoms with van der Waals surface area (Å²) in [6.07, 6.45) is 7.77. The van der Waals surface area contributed by atoms with Crippen molar-refractivity contribution in [3.8, 4) is 0 Å². The number of carbonyl (C=O) groups is 1. The lowest BCUT2D eigenvalue weighted by Gasteiger charge is -2.17. The molecule has 0 radical (unpaired) electrons. The molecule has 1 unspecified atom stereocenters. The van der Waals surface area contributed by atoms with Gasteiger partial charge in [-0.2, -0.15) is 0 Å². The molecule has 3 heterocycles. The first-order valence-corrected chi connectivity index (χ1v) is 9.62. The first-order valence-electron chi connectivity index (χ1n) is 9.62. The van der Waals surface area contributed by atoms with Crippen LogP contribution in [0.4, 0.5) is 17.2 Å². The highest BCUT2D eigenvalue weighted by atomic mass is 16.5. The number of benzene rings is 1. The summed E-state index contributed by atoms with van der Waals surface area (Å²) in [6, 6.07) is 8.32. The van der Waals surface area contributed by atoms with Crippen molar-refractivity contribution in [1.82, 2.24) is 15.3 Å². The highest BCUT2D eigenvalue weighted by molar-refractivity contribution is 5.92. The van der Waals surface area contributed by atoms with E-state index in [9.17, 15) is 4.79 Å². The molecule has 142 valence electrons. The third-order valence-corrected chi connectivity index (χ3v) is 5.01. The average molecular weight is 367 g/mol. The zero-order chi connectivity index (χ0) is 18.5. The number of ether oxygens (including phenoxy) is 1. The van der Waals surface area contributed by atoms with Crippen molar-refractivity contribution in [2.24, 2.45) is 0 Å². The van der Waals surface area contributed by atoms with Crippen LogP contribution in [0.2, 0.25) is 0 Å². The predicted octanol–water partition coefficient (Wildman–Crippen LogP) is 2.73. The molecule has 27 heavy (non-hydrogen) atoms. The molecule has 2 fully saturated rings. The molecule has 7 nitrogen and oxygen atoms in total. The molecule has 1 aromatic carbocycles. The van der Waals surface area contributed by atoms with Crippen molar-refractivity contribution in [2.75, 3.05) is 36.5 Å². The van der Waals surface area contributed by atoms with E-state index < -0.39 is 0 Å². The van der Waals surface area contributed by atoms with Gasteiger partial charge in [0.25, 0.3) is 5.91 Å². The second kappa shape index (κ2) is 8.35. The highest BCUT2D eigenvalue weighted by Gasteiger charge is 2.17. The van der Waals surface area contributed by atoms with E-state index in [1.165, 1.54) is 24.7 Å². The molecular formula is C20H25N5O2. The first-order chi connectivity index (χ1) is 13.3. The molecule has 0 aliphatic carbocycles. The van der Waals surface area contributed by atoms with Crippen LogP contribution in [0.1, 0.15) is 36.2 Å². The Hall–Kier alpha value is -2.67. The number of hydrogen-bond donors (Lipinski definition) is 2. The number of rotatable bonds is 6. The largest absolute Gasteiger partial charge is 0.376 e. The Morgan fingerprint density at radius 3 is 2.59 bits per heavy atom. The molecule has 2 saturated heterocycles. The van der Waals surface area contributed by atoms with Crippen LogP contribution >= 0.6 is 0 Å². The van der Waals surface area contributed by atoms with Gasteiger partial charge in [0.15, 0.2) is 0 Å². The summed E-state index contributed by atoms with van der Waals surface area (Å²) in [7, 11) is 0. The summed E-state index contributed by atoms with van der Waals surface area (Å²) in [6.45, 7) is 3.56. The summed E-state index contributed by atoms with van der Waals surface area (Å²) in [5, 5.41) is 6.07. The molecule has 2 N–H and O–H groups in total. The summed E-state index contributed by atoms with van der Waals surface area (Å²) < 4.78 is 5.50. The molecule has 2 aliphatic heterocycles. The van der Waals surface area contributed by atoms with Gasteiger partial charge in [-0.05, 0) is 49.9 Å². The Kier molecular flexibility index (Phi) is 5.48. The van der Waals surface area contributed by atoms with E-state index in [1.54, 1.807) is 6.20 Å². The van der Waals surface area contributed by atoms with Gasteiger partial charge in [0.05, 0.1) is 18.5 Å². The molecule has 0 bridgehead atoms.